The van der Waals surface area contributed by atoms with Crippen molar-refractivity contribution in [1.82, 2.24) is 9.13 Å². The molecule has 3 heterocycles. The van der Waals surface area contributed by atoms with Crippen molar-refractivity contribution in [3.05, 3.63) is 43.7 Å². The summed E-state index contributed by atoms with van der Waals surface area (Å²) < 4.78 is 53.2. The molecule has 13 nitrogen and oxygen atoms in total. The van der Waals surface area contributed by atoms with Crippen molar-refractivity contribution in [2.45, 2.75) is 115 Å². The highest BCUT2D eigenvalue weighted by Crippen LogP contribution is 2.52. The summed E-state index contributed by atoms with van der Waals surface area (Å²) in [5, 5.41) is 0.301. The first-order chi connectivity index (χ1) is 18.8. The topological polar surface area (TPSA) is 184 Å². The first-order valence-electron chi connectivity index (χ1n) is 13.8. The van der Waals surface area contributed by atoms with Crippen molar-refractivity contribution in [1.29, 1.82) is 0 Å². The highest BCUT2D eigenvalue weighted by Gasteiger charge is 2.67. The van der Waals surface area contributed by atoms with E-state index in [1.807, 2.05) is 47.0 Å². The van der Waals surface area contributed by atoms with Crippen LogP contribution < -0.4 is 22.7 Å². The van der Waals surface area contributed by atoms with E-state index in [0.29, 0.717) is 4.57 Å². The number of hydrogen-bond acceptors (Lipinski definition) is 10. The Labute approximate surface area is 249 Å². The average molecular weight is 647 g/mol. The molecule has 0 bridgehead atoms. The molecule has 3 rings (SSSR count). The fourth-order valence-electron chi connectivity index (χ4n) is 4.45. The van der Waals surface area contributed by atoms with Gasteiger partial charge >= 0.3 is 5.69 Å². The Morgan fingerprint density at radius 3 is 2.07 bits per heavy atom. The van der Waals surface area contributed by atoms with Gasteiger partial charge in [-0.25, -0.2) is 8.98 Å². The van der Waals surface area contributed by atoms with Gasteiger partial charge in [0, 0.05) is 11.8 Å². The zero-order valence-corrected chi connectivity index (χ0v) is 29.2. The van der Waals surface area contributed by atoms with Crippen molar-refractivity contribution in [2.24, 2.45) is 11.5 Å². The first-order valence-corrected chi connectivity index (χ1v) is 21.1. The summed E-state index contributed by atoms with van der Waals surface area (Å²) in [6, 6.07) is 0. The molecule has 1 aromatic rings. The van der Waals surface area contributed by atoms with Crippen molar-refractivity contribution in [3.8, 4) is 0 Å². The lowest BCUT2D eigenvalue weighted by molar-refractivity contribution is -0.118. The minimum atomic E-state index is -4.26. The fourth-order valence-corrected chi connectivity index (χ4v) is 7.96. The van der Waals surface area contributed by atoms with Crippen LogP contribution in [0.15, 0.2) is 26.9 Å². The maximum atomic E-state index is 13.7. The summed E-state index contributed by atoms with van der Waals surface area (Å²) in [6.45, 7) is 20.9. The third kappa shape index (κ3) is 6.12. The Hall–Kier alpha value is -2.09. The summed E-state index contributed by atoms with van der Waals surface area (Å²) >= 11 is 0. The summed E-state index contributed by atoms with van der Waals surface area (Å²) in [6.07, 6.45) is -2.39. The Bertz CT molecular complexity index is 1500. The fraction of sp³-hybridized carbons (Fsp3) is 0.731. The van der Waals surface area contributed by atoms with E-state index in [9.17, 15) is 22.8 Å². The number of carbonyl (C=O) groups excluding carboxylic acids is 1. The zero-order valence-electron chi connectivity index (χ0n) is 26.4. The van der Waals surface area contributed by atoms with Crippen LogP contribution in [-0.4, -0.2) is 64.5 Å². The molecule has 4 unspecified atom stereocenters. The van der Waals surface area contributed by atoms with E-state index in [1.54, 1.807) is 0 Å². The van der Waals surface area contributed by atoms with Crippen LogP contribution in [0.25, 0.3) is 0 Å². The smallest absolute Gasteiger partial charge is 0.333 e. The maximum absolute atomic E-state index is 13.7. The molecule has 0 saturated carbocycles. The first kappa shape index (κ1) is 34.4. The van der Waals surface area contributed by atoms with Gasteiger partial charge in [-0.05, 0) is 43.2 Å². The summed E-state index contributed by atoms with van der Waals surface area (Å²) in [7, 11) is -9.40. The standard InChI is InChI=1S/C26H46N4O9SSi2/c1-16-12-30(23(33)29(21(16)32)13-19(28)31)22-20(38-42(10,11)25(5,6)7)26(17(27)15-40(34,35)39-26)18(37-22)14-36-41(8,9)24(2,3)4/h12,15,18,20,22H,13-14,27H2,1-11H3,(H2,28,31). The second-order valence-electron chi connectivity index (χ2n) is 14.2. The van der Waals surface area contributed by atoms with E-state index in [2.05, 4.69) is 20.8 Å². The Morgan fingerprint density at radius 1 is 1.07 bits per heavy atom. The number of amides is 1. The highest BCUT2D eigenvalue weighted by atomic mass is 32.2. The van der Waals surface area contributed by atoms with Crippen LogP contribution in [0.2, 0.25) is 36.3 Å². The lowest BCUT2D eigenvalue weighted by Gasteiger charge is -2.43. The molecule has 238 valence electrons. The van der Waals surface area contributed by atoms with Gasteiger partial charge in [-0.3, -0.25) is 18.7 Å². The molecule has 1 spiro atoms. The predicted octanol–water partition coefficient (Wildman–Crippen LogP) is 2.01. The summed E-state index contributed by atoms with van der Waals surface area (Å²) in [5.41, 5.74) is 8.34. The predicted molar refractivity (Wildman–Crippen MR) is 163 cm³/mol. The molecule has 2 aliphatic rings. The van der Waals surface area contributed by atoms with Crippen LogP contribution in [0.4, 0.5) is 0 Å². The number of nitrogens with zero attached hydrogens (tertiary/aromatic N) is 2. The number of nitrogens with two attached hydrogens (primary N) is 2. The van der Waals surface area contributed by atoms with Gasteiger partial charge in [-0.15, -0.1) is 0 Å². The van der Waals surface area contributed by atoms with Gasteiger partial charge in [0.2, 0.25) is 5.91 Å². The number of primary amides is 1. The van der Waals surface area contributed by atoms with Crippen molar-refractivity contribution >= 4 is 32.7 Å². The van der Waals surface area contributed by atoms with Crippen molar-refractivity contribution in [3.63, 3.8) is 0 Å². The molecule has 0 aromatic carbocycles. The van der Waals surface area contributed by atoms with Crippen LogP contribution in [0.1, 0.15) is 53.3 Å². The lowest BCUT2D eigenvalue weighted by atomic mass is 9.89. The van der Waals surface area contributed by atoms with E-state index in [-0.39, 0.29) is 27.9 Å². The maximum Gasteiger partial charge on any atom is 0.333 e. The second kappa shape index (κ2) is 10.8. The number of aryl methyl sites for hydroxylation is 1. The van der Waals surface area contributed by atoms with Crippen LogP contribution in [0.3, 0.4) is 0 Å². The van der Waals surface area contributed by atoms with Gasteiger partial charge in [-0.2, -0.15) is 8.42 Å². The Kier molecular flexibility index (Phi) is 8.86. The molecule has 4 N–H and O–H groups in total. The second-order valence-corrected chi connectivity index (χ2v) is 25.1. The molecular weight excluding hydrogens is 601 g/mol. The van der Waals surface area contributed by atoms with Gasteiger partial charge in [0.1, 0.15) is 18.8 Å². The third-order valence-corrected chi connectivity index (χ3v) is 19.0. The van der Waals surface area contributed by atoms with E-state index in [4.69, 9.17) is 29.2 Å². The van der Waals surface area contributed by atoms with Crippen LogP contribution >= 0.6 is 0 Å². The normalized spacial score (nSPS) is 26.5. The number of hydrogen-bond donors (Lipinski definition) is 2. The monoisotopic (exact) mass is 646 g/mol. The van der Waals surface area contributed by atoms with Crippen molar-refractivity contribution in [2.75, 3.05) is 6.61 Å². The molecule has 2 aliphatic heterocycles. The zero-order chi connectivity index (χ0) is 32.4. The molecule has 42 heavy (non-hydrogen) atoms. The summed E-state index contributed by atoms with van der Waals surface area (Å²) in [5.74, 6) is -0.887. The van der Waals surface area contributed by atoms with Crippen LogP contribution in [0.5, 0.6) is 0 Å². The van der Waals surface area contributed by atoms with Crippen LogP contribution in [0, 0.1) is 6.92 Å². The molecule has 4 atom stereocenters. The number of rotatable bonds is 8. The number of carbonyl (C=O) groups is 1. The molecular formula is C26H46N4O9SSi2. The molecule has 1 amide bonds. The Morgan fingerprint density at radius 2 is 1.62 bits per heavy atom. The molecule has 1 aromatic heterocycles. The highest BCUT2D eigenvalue weighted by molar-refractivity contribution is 7.90. The van der Waals surface area contributed by atoms with E-state index in [1.165, 1.54) is 13.1 Å². The van der Waals surface area contributed by atoms with Gasteiger partial charge in [0.15, 0.2) is 28.5 Å². The number of aromatic nitrogens is 2. The molecule has 1 saturated heterocycles. The minimum Gasteiger partial charge on any atom is -0.414 e. The van der Waals surface area contributed by atoms with Crippen LogP contribution in [-0.2, 0) is 39.2 Å². The van der Waals surface area contributed by atoms with Gasteiger partial charge < -0.3 is 25.1 Å². The van der Waals surface area contributed by atoms with Crippen molar-refractivity contribution < 1.29 is 31.0 Å². The average Bonchev–Trinajstić information content (AvgIpc) is 3.22. The van der Waals surface area contributed by atoms with Gasteiger partial charge in [0.05, 0.1) is 17.7 Å². The SMILES string of the molecule is Cc1cn(C2OC(CO[Si](C)(C)C(C)(C)C)C3(OS(=O)(=O)C=C3N)C2O[Si](C)(C)C(C)(C)C)c(=O)n(CC(N)=O)c1=O. The van der Waals surface area contributed by atoms with E-state index >= 15 is 0 Å². The van der Waals surface area contributed by atoms with Gasteiger partial charge in [-0.1, -0.05) is 41.5 Å². The molecule has 0 radical (unpaired) electrons. The number of ether oxygens (including phenoxy) is 1. The molecule has 0 aliphatic carbocycles. The molecule has 16 heteroatoms. The lowest BCUT2D eigenvalue weighted by Crippen LogP contribution is -2.59. The third-order valence-electron chi connectivity index (χ3n) is 9.02. The molecule has 1 fully saturated rings. The quantitative estimate of drug-likeness (QED) is 0.313. The van der Waals surface area contributed by atoms with E-state index < -0.39 is 74.5 Å². The largest absolute Gasteiger partial charge is 0.414 e. The minimum absolute atomic E-state index is 0.108. The Balaban J connectivity index is 2.31. The summed E-state index contributed by atoms with van der Waals surface area (Å²) in [4.78, 5) is 38.3. The van der Waals surface area contributed by atoms with Gasteiger partial charge in [0.25, 0.3) is 15.7 Å². The van der Waals surface area contributed by atoms with E-state index in [0.717, 1.165) is 9.98 Å².